The molecule has 1 rings (SSSR count). The van der Waals surface area contributed by atoms with E-state index in [0.29, 0.717) is 0 Å². The van der Waals surface area contributed by atoms with Crippen LogP contribution in [-0.4, -0.2) is 60.1 Å². The molecule has 4 nitrogen and oxygen atoms in total. The molecule has 1 aliphatic rings. The van der Waals surface area contributed by atoms with Gasteiger partial charge in [0.25, 0.3) is 0 Å². The summed E-state index contributed by atoms with van der Waals surface area (Å²) in [6, 6.07) is 0. The number of piperidine rings is 1. The number of aliphatic carboxylic acids is 1. The van der Waals surface area contributed by atoms with Crippen molar-refractivity contribution in [3.8, 4) is 0 Å². The van der Waals surface area contributed by atoms with Crippen LogP contribution in [0.2, 0.25) is 0 Å². The number of hydrogen-bond donors (Lipinski definition) is 1. The van der Waals surface area contributed by atoms with E-state index in [9.17, 15) is 9.90 Å². The first kappa shape index (κ1) is 14.5. The molecular weight excluding hydrogens is 216 g/mol. The molecular formula is C13H26N2O2. The van der Waals surface area contributed by atoms with Gasteiger partial charge in [-0.25, -0.2) is 0 Å². The van der Waals surface area contributed by atoms with Crippen molar-refractivity contribution in [1.29, 1.82) is 0 Å². The van der Waals surface area contributed by atoms with Crippen LogP contribution in [0.25, 0.3) is 0 Å². The Kier molecular flexibility index (Phi) is 4.95. The van der Waals surface area contributed by atoms with E-state index in [0.717, 1.165) is 38.9 Å². The maximum atomic E-state index is 11.3. The highest BCUT2D eigenvalue weighted by atomic mass is 16.4. The Hall–Kier alpha value is -0.610. The Morgan fingerprint density at radius 1 is 1.47 bits per heavy atom. The van der Waals surface area contributed by atoms with Crippen LogP contribution in [0.4, 0.5) is 0 Å². The summed E-state index contributed by atoms with van der Waals surface area (Å²) in [5.41, 5.74) is -0.212. The summed E-state index contributed by atoms with van der Waals surface area (Å²) in [7, 11) is 4.14. The first-order valence-corrected chi connectivity index (χ1v) is 6.48. The molecule has 1 unspecified atom stereocenters. The topological polar surface area (TPSA) is 43.8 Å². The van der Waals surface area contributed by atoms with Crippen molar-refractivity contribution < 1.29 is 9.90 Å². The number of carboxylic acid groups (broad SMARTS) is 1. The molecule has 1 atom stereocenters. The van der Waals surface area contributed by atoms with Crippen LogP contribution in [-0.2, 0) is 4.79 Å². The van der Waals surface area contributed by atoms with Crippen LogP contribution in [0.3, 0.4) is 0 Å². The maximum Gasteiger partial charge on any atom is 0.308 e. The number of hydrogen-bond acceptors (Lipinski definition) is 3. The average Bonchev–Trinajstić information content (AvgIpc) is 2.18. The lowest BCUT2D eigenvalue weighted by atomic mass is 9.79. The third kappa shape index (κ3) is 3.68. The molecule has 0 bridgehead atoms. The van der Waals surface area contributed by atoms with E-state index in [1.807, 2.05) is 0 Å². The van der Waals surface area contributed by atoms with Crippen molar-refractivity contribution >= 4 is 5.97 Å². The highest BCUT2D eigenvalue weighted by Crippen LogP contribution is 2.33. The highest BCUT2D eigenvalue weighted by molar-refractivity contribution is 5.71. The number of carbonyl (C=O) groups is 1. The molecule has 0 spiro atoms. The zero-order chi connectivity index (χ0) is 13.1. The molecule has 0 radical (unpaired) electrons. The van der Waals surface area contributed by atoms with E-state index < -0.39 is 5.97 Å². The first-order valence-electron chi connectivity index (χ1n) is 6.48. The molecule has 1 heterocycles. The summed E-state index contributed by atoms with van der Waals surface area (Å²) >= 11 is 0. The van der Waals surface area contributed by atoms with Crippen molar-refractivity contribution in [3.05, 3.63) is 0 Å². The van der Waals surface area contributed by atoms with Gasteiger partial charge in [0.15, 0.2) is 0 Å². The summed E-state index contributed by atoms with van der Waals surface area (Å²) in [5, 5.41) is 9.27. The summed E-state index contributed by atoms with van der Waals surface area (Å²) in [5.74, 6) is -0.872. The minimum Gasteiger partial charge on any atom is -0.481 e. The molecule has 17 heavy (non-hydrogen) atoms. The molecule has 0 aromatic carbocycles. The van der Waals surface area contributed by atoms with Gasteiger partial charge in [0, 0.05) is 5.54 Å². The molecule has 1 fully saturated rings. The minimum atomic E-state index is -0.646. The third-order valence-corrected chi connectivity index (χ3v) is 3.92. The lowest BCUT2D eigenvalue weighted by molar-refractivity contribution is -0.149. The van der Waals surface area contributed by atoms with Crippen molar-refractivity contribution in [2.45, 2.75) is 38.6 Å². The van der Waals surface area contributed by atoms with Gasteiger partial charge in [0.1, 0.15) is 0 Å². The van der Waals surface area contributed by atoms with Gasteiger partial charge in [-0.3, -0.25) is 9.69 Å². The van der Waals surface area contributed by atoms with E-state index >= 15 is 0 Å². The zero-order valence-corrected chi connectivity index (χ0v) is 11.6. The second-order valence-corrected chi connectivity index (χ2v) is 5.83. The minimum absolute atomic E-state index is 0.212. The molecule has 0 aromatic rings. The smallest absolute Gasteiger partial charge is 0.308 e. The Morgan fingerprint density at radius 2 is 2.12 bits per heavy atom. The number of likely N-dealkylation sites (tertiary alicyclic amines) is 1. The zero-order valence-electron chi connectivity index (χ0n) is 11.6. The van der Waals surface area contributed by atoms with Crippen LogP contribution in [0.5, 0.6) is 0 Å². The van der Waals surface area contributed by atoms with Crippen molar-refractivity contribution in [2.75, 3.05) is 33.7 Å². The van der Waals surface area contributed by atoms with Gasteiger partial charge in [-0.05, 0) is 66.8 Å². The highest BCUT2D eigenvalue weighted by Gasteiger charge is 2.42. The lowest BCUT2D eigenvalue weighted by Gasteiger charge is -2.46. The average molecular weight is 242 g/mol. The monoisotopic (exact) mass is 242 g/mol. The Labute approximate surface area is 105 Å². The molecule has 0 aliphatic carbocycles. The summed E-state index contributed by atoms with van der Waals surface area (Å²) in [6.07, 6.45) is 2.91. The van der Waals surface area contributed by atoms with Crippen molar-refractivity contribution in [1.82, 2.24) is 9.80 Å². The molecule has 1 aliphatic heterocycles. The molecule has 1 N–H and O–H groups in total. The van der Waals surface area contributed by atoms with Gasteiger partial charge in [0.2, 0.25) is 0 Å². The SMILES string of the molecule is CN(C)CCCN1CCCC(C(=O)O)C1(C)C. The lowest BCUT2D eigenvalue weighted by Crippen LogP contribution is -2.55. The number of carboxylic acids is 1. The molecule has 0 amide bonds. The van der Waals surface area contributed by atoms with Gasteiger partial charge >= 0.3 is 5.97 Å². The molecule has 100 valence electrons. The van der Waals surface area contributed by atoms with Gasteiger partial charge in [-0.15, -0.1) is 0 Å². The van der Waals surface area contributed by atoms with Crippen LogP contribution < -0.4 is 0 Å². The van der Waals surface area contributed by atoms with Gasteiger partial charge in [-0.2, -0.15) is 0 Å². The number of rotatable bonds is 5. The Bertz CT molecular complexity index is 264. The largest absolute Gasteiger partial charge is 0.481 e. The molecule has 4 heteroatoms. The van der Waals surface area contributed by atoms with Crippen molar-refractivity contribution in [2.24, 2.45) is 5.92 Å². The van der Waals surface area contributed by atoms with Crippen LogP contribution in [0.15, 0.2) is 0 Å². The number of nitrogens with zero attached hydrogens (tertiary/aromatic N) is 2. The predicted octanol–water partition coefficient (Wildman–Crippen LogP) is 1.51. The van der Waals surface area contributed by atoms with E-state index in [2.05, 4.69) is 37.7 Å². The normalized spacial score (nSPS) is 25.1. The Balaban J connectivity index is 2.56. The van der Waals surface area contributed by atoms with Gasteiger partial charge < -0.3 is 10.0 Å². The van der Waals surface area contributed by atoms with Crippen LogP contribution in [0.1, 0.15) is 33.1 Å². The molecule has 0 saturated carbocycles. The summed E-state index contributed by atoms with van der Waals surface area (Å²) in [6.45, 7) is 7.23. The van der Waals surface area contributed by atoms with Gasteiger partial charge in [0.05, 0.1) is 5.92 Å². The van der Waals surface area contributed by atoms with Crippen LogP contribution >= 0.6 is 0 Å². The van der Waals surface area contributed by atoms with E-state index in [1.165, 1.54) is 0 Å². The fraction of sp³-hybridized carbons (Fsp3) is 0.923. The Morgan fingerprint density at radius 3 is 2.65 bits per heavy atom. The van der Waals surface area contributed by atoms with E-state index in [-0.39, 0.29) is 11.5 Å². The fourth-order valence-corrected chi connectivity index (χ4v) is 2.75. The summed E-state index contributed by atoms with van der Waals surface area (Å²) in [4.78, 5) is 15.8. The summed E-state index contributed by atoms with van der Waals surface area (Å²) < 4.78 is 0. The van der Waals surface area contributed by atoms with Crippen LogP contribution in [0, 0.1) is 5.92 Å². The van der Waals surface area contributed by atoms with E-state index in [1.54, 1.807) is 0 Å². The second-order valence-electron chi connectivity index (χ2n) is 5.83. The van der Waals surface area contributed by atoms with E-state index in [4.69, 9.17) is 0 Å². The van der Waals surface area contributed by atoms with Crippen molar-refractivity contribution in [3.63, 3.8) is 0 Å². The fourth-order valence-electron chi connectivity index (χ4n) is 2.75. The molecule has 1 saturated heterocycles. The quantitative estimate of drug-likeness (QED) is 0.794. The second kappa shape index (κ2) is 5.83. The predicted molar refractivity (Wildman–Crippen MR) is 69.2 cm³/mol. The standard InChI is InChI=1S/C13H26N2O2/c1-13(2)11(12(16)17)7-5-9-15(13)10-6-8-14(3)4/h11H,5-10H2,1-4H3,(H,16,17). The van der Waals surface area contributed by atoms with Gasteiger partial charge in [-0.1, -0.05) is 0 Å². The first-order chi connectivity index (χ1) is 7.85. The maximum absolute atomic E-state index is 11.3. The molecule has 0 aromatic heterocycles. The third-order valence-electron chi connectivity index (χ3n) is 3.92.